The van der Waals surface area contributed by atoms with Gasteiger partial charge >= 0.3 is 0 Å². The molecule has 3 rings (SSSR count). The van der Waals surface area contributed by atoms with Gasteiger partial charge in [-0.05, 0) is 37.5 Å². The summed E-state index contributed by atoms with van der Waals surface area (Å²) in [5.41, 5.74) is 2.80. The number of benzene rings is 1. The van der Waals surface area contributed by atoms with Crippen molar-refractivity contribution in [2.75, 3.05) is 0 Å². The van der Waals surface area contributed by atoms with Crippen LogP contribution >= 0.6 is 0 Å². The van der Waals surface area contributed by atoms with E-state index in [1.54, 1.807) is 4.57 Å². The standard InChI is InChI=1S/C16H15F2NO/c1-9-3-15-14(16(20)4-9)5-10(2)19(15)13-7-11(17)6-12(18)8-13/h5-9H,3-4H2,1-2H3. The number of hydrogen-bond acceptors (Lipinski definition) is 1. The highest BCUT2D eigenvalue weighted by Gasteiger charge is 2.27. The number of carbonyl (C=O) groups is 1. The van der Waals surface area contributed by atoms with Crippen LogP contribution in [0.4, 0.5) is 8.78 Å². The van der Waals surface area contributed by atoms with E-state index < -0.39 is 11.6 Å². The van der Waals surface area contributed by atoms with Crippen LogP contribution in [0, 0.1) is 24.5 Å². The van der Waals surface area contributed by atoms with Crippen molar-refractivity contribution in [2.45, 2.75) is 26.7 Å². The molecule has 2 aromatic rings. The van der Waals surface area contributed by atoms with E-state index in [4.69, 9.17) is 0 Å². The van der Waals surface area contributed by atoms with E-state index in [-0.39, 0.29) is 11.7 Å². The molecule has 4 heteroatoms. The lowest BCUT2D eigenvalue weighted by atomic mass is 9.88. The number of Topliss-reactive ketones (excluding diaryl/α,β-unsaturated/α-hetero) is 1. The van der Waals surface area contributed by atoms with E-state index in [1.807, 2.05) is 19.9 Å². The molecule has 0 bridgehead atoms. The van der Waals surface area contributed by atoms with E-state index in [1.165, 1.54) is 12.1 Å². The van der Waals surface area contributed by atoms with Gasteiger partial charge in [0.15, 0.2) is 5.78 Å². The lowest BCUT2D eigenvalue weighted by Crippen LogP contribution is -2.19. The molecule has 1 aromatic heterocycles. The van der Waals surface area contributed by atoms with Crippen molar-refractivity contribution in [1.82, 2.24) is 4.57 Å². The fourth-order valence-corrected chi connectivity index (χ4v) is 2.99. The highest BCUT2D eigenvalue weighted by atomic mass is 19.1. The number of hydrogen-bond donors (Lipinski definition) is 0. The Morgan fingerprint density at radius 1 is 1.10 bits per heavy atom. The molecule has 0 N–H and O–H groups in total. The smallest absolute Gasteiger partial charge is 0.164 e. The van der Waals surface area contributed by atoms with Crippen LogP contribution in [-0.2, 0) is 6.42 Å². The summed E-state index contributed by atoms with van der Waals surface area (Å²) < 4.78 is 28.6. The van der Waals surface area contributed by atoms with Crippen molar-refractivity contribution >= 4 is 5.78 Å². The van der Waals surface area contributed by atoms with Crippen LogP contribution in [-0.4, -0.2) is 10.4 Å². The number of rotatable bonds is 1. The summed E-state index contributed by atoms with van der Waals surface area (Å²) in [4.78, 5) is 12.1. The topological polar surface area (TPSA) is 22.0 Å². The van der Waals surface area contributed by atoms with Crippen LogP contribution in [0.2, 0.25) is 0 Å². The second-order valence-corrected chi connectivity index (χ2v) is 5.55. The summed E-state index contributed by atoms with van der Waals surface area (Å²) in [5.74, 6) is -0.868. The second kappa shape index (κ2) is 4.54. The molecule has 0 amide bonds. The Morgan fingerprint density at radius 3 is 2.40 bits per heavy atom. The Balaban J connectivity index is 2.22. The Morgan fingerprint density at radius 2 is 1.75 bits per heavy atom. The molecule has 0 saturated heterocycles. The van der Waals surface area contributed by atoms with Crippen LogP contribution in [0.5, 0.6) is 0 Å². The average Bonchev–Trinajstić information content (AvgIpc) is 2.64. The summed E-state index contributed by atoms with van der Waals surface area (Å²) in [6.45, 7) is 3.86. The molecule has 0 aliphatic heterocycles. The van der Waals surface area contributed by atoms with Crippen molar-refractivity contribution in [2.24, 2.45) is 5.92 Å². The third-order valence-corrected chi connectivity index (χ3v) is 3.77. The van der Waals surface area contributed by atoms with E-state index in [2.05, 4.69) is 0 Å². The zero-order valence-corrected chi connectivity index (χ0v) is 11.4. The van der Waals surface area contributed by atoms with Gasteiger partial charge in [-0.2, -0.15) is 0 Å². The zero-order valence-electron chi connectivity index (χ0n) is 11.4. The second-order valence-electron chi connectivity index (χ2n) is 5.55. The maximum Gasteiger partial charge on any atom is 0.164 e. The predicted molar refractivity (Wildman–Crippen MR) is 72.2 cm³/mol. The van der Waals surface area contributed by atoms with Crippen LogP contribution in [0.25, 0.3) is 5.69 Å². The van der Waals surface area contributed by atoms with Crippen molar-refractivity contribution in [3.63, 3.8) is 0 Å². The normalized spacial score (nSPS) is 18.2. The first-order chi connectivity index (χ1) is 9.45. The fraction of sp³-hybridized carbons (Fsp3) is 0.312. The van der Waals surface area contributed by atoms with Crippen molar-refractivity contribution < 1.29 is 13.6 Å². The van der Waals surface area contributed by atoms with E-state index in [9.17, 15) is 13.6 Å². The summed E-state index contributed by atoms with van der Waals surface area (Å²) >= 11 is 0. The Hall–Kier alpha value is -1.97. The highest BCUT2D eigenvalue weighted by Crippen LogP contribution is 2.31. The molecular formula is C16H15F2NO. The van der Waals surface area contributed by atoms with Crippen LogP contribution in [0.15, 0.2) is 24.3 Å². The van der Waals surface area contributed by atoms with Gasteiger partial charge < -0.3 is 4.57 Å². The number of aryl methyl sites for hydroxylation is 1. The number of halogens is 2. The number of nitrogens with zero attached hydrogens (tertiary/aromatic N) is 1. The van der Waals surface area contributed by atoms with E-state index >= 15 is 0 Å². The van der Waals surface area contributed by atoms with Crippen LogP contribution in [0.3, 0.4) is 0 Å². The Labute approximate surface area is 116 Å². The van der Waals surface area contributed by atoms with Crippen LogP contribution in [0.1, 0.15) is 35.1 Å². The maximum atomic E-state index is 13.4. The summed E-state index contributed by atoms with van der Waals surface area (Å²) in [6, 6.07) is 5.25. The molecule has 0 saturated carbocycles. The zero-order chi connectivity index (χ0) is 14.4. The Kier molecular flexibility index (Phi) is 2.96. The molecule has 1 aliphatic rings. The molecule has 20 heavy (non-hydrogen) atoms. The molecule has 0 fully saturated rings. The number of carbonyl (C=O) groups excluding carboxylic acids is 1. The monoisotopic (exact) mass is 275 g/mol. The van der Waals surface area contributed by atoms with Gasteiger partial charge in [0, 0.05) is 29.4 Å². The lowest BCUT2D eigenvalue weighted by molar-refractivity contribution is 0.0952. The molecule has 1 atom stereocenters. The first kappa shape index (κ1) is 13.0. The number of aromatic nitrogens is 1. The maximum absolute atomic E-state index is 13.4. The van der Waals surface area contributed by atoms with Gasteiger partial charge in [-0.3, -0.25) is 4.79 Å². The summed E-state index contributed by atoms with van der Waals surface area (Å²) in [5, 5.41) is 0. The molecule has 1 unspecified atom stereocenters. The third-order valence-electron chi connectivity index (χ3n) is 3.77. The van der Waals surface area contributed by atoms with Gasteiger partial charge in [-0.25, -0.2) is 8.78 Å². The van der Waals surface area contributed by atoms with Gasteiger partial charge in [0.25, 0.3) is 0 Å². The first-order valence-corrected chi connectivity index (χ1v) is 6.66. The number of fused-ring (bicyclic) bond motifs is 1. The largest absolute Gasteiger partial charge is 0.317 e. The number of ketones is 1. The lowest BCUT2D eigenvalue weighted by Gasteiger charge is -2.20. The summed E-state index contributed by atoms with van der Waals surface area (Å²) in [7, 11) is 0. The SMILES string of the molecule is Cc1cc2c(n1-c1cc(F)cc(F)c1)CC(C)CC2=O. The van der Waals surface area contributed by atoms with E-state index in [0.29, 0.717) is 17.7 Å². The van der Waals surface area contributed by atoms with E-state index in [0.717, 1.165) is 23.9 Å². The molecule has 1 heterocycles. The minimum absolute atomic E-state index is 0.109. The van der Waals surface area contributed by atoms with Gasteiger partial charge in [-0.15, -0.1) is 0 Å². The minimum Gasteiger partial charge on any atom is -0.317 e. The molecule has 1 aromatic carbocycles. The minimum atomic E-state index is -0.614. The predicted octanol–water partition coefficient (Wildman–Crippen LogP) is 3.83. The average molecular weight is 275 g/mol. The molecule has 1 aliphatic carbocycles. The first-order valence-electron chi connectivity index (χ1n) is 6.66. The molecule has 0 radical (unpaired) electrons. The highest BCUT2D eigenvalue weighted by molar-refractivity contribution is 5.98. The molecule has 104 valence electrons. The van der Waals surface area contributed by atoms with Gasteiger partial charge in [0.2, 0.25) is 0 Å². The van der Waals surface area contributed by atoms with Crippen LogP contribution < -0.4 is 0 Å². The van der Waals surface area contributed by atoms with Gasteiger partial charge in [0.1, 0.15) is 11.6 Å². The van der Waals surface area contributed by atoms with Crippen molar-refractivity contribution in [1.29, 1.82) is 0 Å². The molecule has 2 nitrogen and oxygen atoms in total. The fourth-order valence-electron chi connectivity index (χ4n) is 2.99. The summed E-state index contributed by atoms with van der Waals surface area (Å²) in [6.07, 6.45) is 1.28. The van der Waals surface area contributed by atoms with Gasteiger partial charge in [0.05, 0.1) is 5.69 Å². The molecule has 0 spiro atoms. The quantitative estimate of drug-likeness (QED) is 0.775. The molecular weight excluding hydrogens is 260 g/mol. The Bertz CT molecular complexity index is 682. The van der Waals surface area contributed by atoms with Crippen molar-refractivity contribution in [3.05, 3.63) is 52.9 Å². The van der Waals surface area contributed by atoms with Gasteiger partial charge in [-0.1, -0.05) is 6.92 Å². The van der Waals surface area contributed by atoms with Crippen molar-refractivity contribution in [3.8, 4) is 5.69 Å². The third kappa shape index (κ3) is 2.05.